The van der Waals surface area contributed by atoms with Crippen molar-refractivity contribution in [3.63, 3.8) is 0 Å². The van der Waals surface area contributed by atoms with Crippen LogP contribution in [0.15, 0.2) is 29.4 Å². The first-order valence-electron chi connectivity index (χ1n) is 5.94. The van der Waals surface area contributed by atoms with Gasteiger partial charge in [-0.2, -0.15) is 0 Å². The molecule has 0 saturated carbocycles. The van der Waals surface area contributed by atoms with Gasteiger partial charge in [0.1, 0.15) is 18.2 Å². The highest BCUT2D eigenvalue weighted by atomic mass is 35.7. The van der Waals surface area contributed by atoms with Crippen molar-refractivity contribution in [3.8, 4) is 5.75 Å². The molecule has 5 nitrogen and oxygen atoms in total. The van der Waals surface area contributed by atoms with Gasteiger partial charge in [0.25, 0.3) is 9.05 Å². The number of aromatic nitrogens is 2. The molecule has 0 aliphatic heterocycles. The lowest BCUT2D eigenvalue weighted by Gasteiger charge is -2.13. The van der Waals surface area contributed by atoms with Gasteiger partial charge in [0.05, 0.1) is 4.90 Å². The Balaban J connectivity index is 2.27. The summed E-state index contributed by atoms with van der Waals surface area (Å²) in [4.78, 5) is 4.27. The smallest absolute Gasteiger partial charge is 0.261 e. The van der Waals surface area contributed by atoms with Gasteiger partial charge >= 0.3 is 0 Å². The molecule has 2 rings (SSSR count). The Morgan fingerprint density at radius 1 is 1.30 bits per heavy atom. The Hall–Kier alpha value is -1.53. The Morgan fingerprint density at radius 3 is 2.55 bits per heavy atom. The molecule has 0 radical (unpaired) electrons. The van der Waals surface area contributed by atoms with Crippen LogP contribution in [0.1, 0.15) is 17.0 Å². The number of benzene rings is 1. The first kappa shape index (κ1) is 14.9. The van der Waals surface area contributed by atoms with Crippen molar-refractivity contribution >= 4 is 19.7 Å². The summed E-state index contributed by atoms with van der Waals surface area (Å²) in [6, 6.07) is 3.07. The van der Waals surface area contributed by atoms with Crippen LogP contribution in [0.25, 0.3) is 0 Å². The monoisotopic (exact) mass is 314 g/mol. The zero-order valence-electron chi connectivity index (χ0n) is 11.4. The zero-order valence-corrected chi connectivity index (χ0v) is 13.0. The zero-order chi connectivity index (χ0) is 14.9. The Labute approximate surface area is 122 Å². The maximum atomic E-state index is 11.4. The quantitative estimate of drug-likeness (QED) is 0.814. The summed E-state index contributed by atoms with van der Waals surface area (Å²) in [5.41, 5.74) is 1.35. The van der Waals surface area contributed by atoms with Crippen molar-refractivity contribution in [1.29, 1.82) is 0 Å². The average Bonchev–Trinajstić information content (AvgIpc) is 2.75. The van der Waals surface area contributed by atoms with E-state index in [9.17, 15) is 8.42 Å². The molecule has 0 amide bonds. The van der Waals surface area contributed by atoms with E-state index in [1.165, 1.54) is 6.07 Å². The largest absolute Gasteiger partial charge is 0.485 e. The highest BCUT2D eigenvalue weighted by Gasteiger charge is 2.17. The van der Waals surface area contributed by atoms with Gasteiger partial charge in [-0.05, 0) is 37.1 Å². The molecule has 20 heavy (non-hydrogen) atoms. The maximum absolute atomic E-state index is 11.4. The van der Waals surface area contributed by atoms with Gasteiger partial charge in [-0.3, -0.25) is 0 Å². The van der Waals surface area contributed by atoms with Crippen molar-refractivity contribution in [2.75, 3.05) is 0 Å². The van der Waals surface area contributed by atoms with Crippen LogP contribution in [0.2, 0.25) is 0 Å². The third kappa shape index (κ3) is 2.96. The molecule has 0 fully saturated rings. The summed E-state index contributed by atoms with van der Waals surface area (Å²) >= 11 is 0. The van der Waals surface area contributed by atoms with E-state index in [0.29, 0.717) is 17.9 Å². The molecule has 108 valence electrons. The molecule has 1 aromatic carbocycles. The molecule has 0 N–H and O–H groups in total. The molecule has 1 heterocycles. The number of nitrogens with zero attached hydrogens (tertiary/aromatic N) is 2. The molecule has 0 aliphatic carbocycles. The van der Waals surface area contributed by atoms with Crippen molar-refractivity contribution in [3.05, 3.63) is 41.5 Å². The lowest BCUT2D eigenvalue weighted by Crippen LogP contribution is -2.05. The number of ether oxygens (including phenoxy) is 1. The Morgan fingerprint density at radius 2 is 2.00 bits per heavy atom. The van der Waals surface area contributed by atoms with Gasteiger partial charge in [-0.1, -0.05) is 0 Å². The lowest BCUT2D eigenvalue weighted by atomic mass is 10.1. The Kier molecular flexibility index (Phi) is 4.06. The number of imidazole rings is 1. The second-order valence-corrected chi connectivity index (χ2v) is 7.03. The SMILES string of the molecule is Cc1c(OCc2nccn2C)ccc(S(=O)(=O)Cl)c1C. The van der Waals surface area contributed by atoms with E-state index < -0.39 is 9.05 Å². The minimum atomic E-state index is -3.74. The van der Waals surface area contributed by atoms with Crippen LogP contribution in [-0.4, -0.2) is 18.0 Å². The number of rotatable bonds is 4. The van der Waals surface area contributed by atoms with Gasteiger partial charge < -0.3 is 9.30 Å². The van der Waals surface area contributed by atoms with Gasteiger partial charge in [0, 0.05) is 30.1 Å². The van der Waals surface area contributed by atoms with Crippen LogP contribution >= 0.6 is 10.7 Å². The van der Waals surface area contributed by atoms with Gasteiger partial charge in [0.15, 0.2) is 0 Å². The van der Waals surface area contributed by atoms with Crippen LogP contribution in [0.5, 0.6) is 5.75 Å². The summed E-state index contributed by atoms with van der Waals surface area (Å²) in [5.74, 6) is 1.41. The average molecular weight is 315 g/mol. The molecule has 0 spiro atoms. The van der Waals surface area contributed by atoms with Crippen LogP contribution < -0.4 is 4.74 Å². The van der Waals surface area contributed by atoms with E-state index >= 15 is 0 Å². The fraction of sp³-hybridized carbons (Fsp3) is 0.308. The molecular weight excluding hydrogens is 300 g/mol. The summed E-state index contributed by atoms with van der Waals surface area (Å²) in [7, 11) is 3.53. The summed E-state index contributed by atoms with van der Waals surface area (Å²) in [6.45, 7) is 3.82. The third-order valence-corrected chi connectivity index (χ3v) is 4.69. The molecule has 0 aliphatic rings. The second kappa shape index (κ2) is 5.46. The number of halogens is 1. The van der Waals surface area contributed by atoms with Crippen molar-refractivity contribution < 1.29 is 13.2 Å². The maximum Gasteiger partial charge on any atom is 0.261 e. The van der Waals surface area contributed by atoms with E-state index in [1.54, 1.807) is 26.1 Å². The molecule has 0 unspecified atom stereocenters. The van der Waals surface area contributed by atoms with E-state index in [-0.39, 0.29) is 4.90 Å². The molecule has 2 aromatic rings. The standard InChI is InChI=1S/C13H15ClN2O3S/c1-9-10(2)12(20(14,17)18)5-4-11(9)19-8-13-15-6-7-16(13)3/h4-7H,8H2,1-3H3. The molecule has 0 bridgehead atoms. The lowest BCUT2D eigenvalue weighted by molar-refractivity contribution is 0.289. The van der Waals surface area contributed by atoms with E-state index in [1.807, 2.05) is 17.8 Å². The van der Waals surface area contributed by atoms with Crippen LogP contribution in [0.3, 0.4) is 0 Å². The fourth-order valence-corrected chi connectivity index (χ4v) is 3.12. The minimum Gasteiger partial charge on any atom is -0.485 e. The van der Waals surface area contributed by atoms with Gasteiger partial charge in [-0.15, -0.1) is 0 Å². The molecule has 0 atom stereocenters. The minimum absolute atomic E-state index is 0.112. The highest BCUT2D eigenvalue weighted by Crippen LogP contribution is 2.29. The first-order chi connectivity index (χ1) is 9.30. The van der Waals surface area contributed by atoms with Crippen LogP contribution in [-0.2, 0) is 22.7 Å². The summed E-state index contributed by atoms with van der Waals surface area (Å²) in [6.07, 6.45) is 3.53. The first-order valence-corrected chi connectivity index (χ1v) is 8.25. The summed E-state index contributed by atoms with van der Waals surface area (Å²) in [5, 5.41) is 0. The van der Waals surface area contributed by atoms with Crippen LogP contribution in [0, 0.1) is 13.8 Å². The third-order valence-electron chi connectivity index (χ3n) is 3.23. The van der Waals surface area contributed by atoms with Crippen molar-refractivity contribution in [2.24, 2.45) is 7.05 Å². The normalized spacial score (nSPS) is 11.6. The van der Waals surface area contributed by atoms with E-state index in [4.69, 9.17) is 15.4 Å². The topological polar surface area (TPSA) is 61.2 Å². The summed E-state index contributed by atoms with van der Waals surface area (Å²) < 4.78 is 30.4. The highest BCUT2D eigenvalue weighted by molar-refractivity contribution is 8.13. The van der Waals surface area contributed by atoms with E-state index in [2.05, 4.69) is 4.98 Å². The number of hydrogen-bond donors (Lipinski definition) is 0. The molecular formula is C13H15ClN2O3S. The van der Waals surface area contributed by atoms with Crippen molar-refractivity contribution in [1.82, 2.24) is 9.55 Å². The predicted octanol–water partition coefficient (Wildman–Crippen LogP) is 2.54. The number of hydrogen-bond acceptors (Lipinski definition) is 4. The molecule has 7 heteroatoms. The Bertz CT molecular complexity index is 738. The van der Waals surface area contributed by atoms with Crippen LogP contribution in [0.4, 0.5) is 0 Å². The number of aryl methyl sites for hydroxylation is 1. The molecule has 1 aromatic heterocycles. The second-order valence-electron chi connectivity index (χ2n) is 4.49. The molecule has 0 saturated heterocycles. The van der Waals surface area contributed by atoms with E-state index in [0.717, 1.165) is 11.4 Å². The van der Waals surface area contributed by atoms with Gasteiger partial charge in [-0.25, -0.2) is 13.4 Å². The fourth-order valence-electron chi connectivity index (χ4n) is 1.87. The predicted molar refractivity (Wildman–Crippen MR) is 76.5 cm³/mol. The van der Waals surface area contributed by atoms with Gasteiger partial charge in [0.2, 0.25) is 0 Å². The van der Waals surface area contributed by atoms with Crippen molar-refractivity contribution in [2.45, 2.75) is 25.3 Å².